The van der Waals surface area contributed by atoms with Gasteiger partial charge in [-0.1, -0.05) is 22.9 Å². The maximum atomic E-state index is 13.9. The van der Waals surface area contributed by atoms with E-state index < -0.39 is 10.7 Å². The number of nitro groups is 1. The molecule has 1 unspecified atom stereocenters. The highest BCUT2D eigenvalue weighted by atomic mass is 79.9. The minimum absolute atomic E-state index is 0.000803. The molecule has 0 aliphatic carbocycles. The molecule has 0 fully saturated rings. The first-order valence-corrected chi connectivity index (χ1v) is 7.69. The highest BCUT2D eigenvalue weighted by Crippen LogP contribution is 2.32. The Balaban J connectivity index is 2.41. The van der Waals surface area contributed by atoms with Crippen LogP contribution in [0.15, 0.2) is 29.0 Å². The molecule has 1 atom stereocenters. The van der Waals surface area contributed by atoms with E-state index in [0.29, 0.717) is 4.47 Å². The summed E-state index contributed by atoms with van der Waals surface area (Å²) in [7, 11) is 0. The zero-order valence-electron chi connectivity index (χ0n) is 12.5. The molecule has 23 heavy (non-hydrogen) atoms. The van der Waals surface area contributed by atoms with Crippen molar-refractivity contribution in [3.8, 4) is 0 Å². The average molecular weight is 384 g/mol. The molecule has 9 heteroatoms. The van der Waals surface area contributed by atoms with Gasteiger partial charge in [0.05, 0.1) is 10.6 Å². The van der Waals surface area contributed by atoms with Crippen LogP contribution in [-0.4, -0.2) is 20.9 Å². The van der Waals surface area contributed by atoms with Gasteiger partial charge in [-0.25, -0.2) is 14.4 Å². The average Bonchev–Trinajstić information content (AvgIpc) is 2.49. The van der Waals surface area contributed by atoms with Crippen LogP contribution in [0, 0.1) is 15.9 Å². The lowest BCUT2D eigenvalue weighted by molar-refractivity contribution is -0.383. The fourth-order valence-corrected chi connectivity index (χ4v) is 2.14. The number of nitrogens with zero attached hydrogens (tertiary/aromatic N) is 3. The summed E-state index contributed by atoms with van der Waals surface area (Å²) in [6.45, 7) is 3.83. The van der Waals surface area contributed by atoms with Gasteiger partial charge in [-0.05, 0) is 31.5 Å². The summed E-state index contributed by atoms with van der Waals surface area (Å²) in [6, 6.07) is 4.35. The van der Waals surface area contributed by atoms with E-state index in [2.05, 4.69) is 36.5 Å². The third-order valence-electron chi connectivity index (χ3n) is 3.18. The molecule has 122 valence electrons. The molecule has 0 aliphatic rings. The van der Waals surface area contributed by atoms with Crippen molar-refractivity contribution in [2.75, 3.05) is 10.6 Å². The van der Waals surface area contributed by atoms with Crippen molar-refractivity contribution in [1.82, 2.24) is 9.97 Å². The number of anilines is 3. The summed E-state index contributed by atoms with van der Waals surface area (Å²) in [5, 5.41) is 17.0. The highest BCUT2D eigenvalue weighted by Gasteiger charge is 2.24. The van der Waals surface area contributed by atoms with Crippen molar-refractivity contribution in [1.29, 1.82) is 0 Å². The molecule has 0 amide bonds. The molecule has 1 heterocycles. The second-order valence-electron chi connectivity index (χ2n) is 4.88. The number of rotatable bonds is 6. The van der Waals surface area contributed by atoms with Crippen LogP contribution in [0.1, 0.15) is 20.3 Å². The van der Waals surface area contributed by atoms with Gasteiger partial charge in [-0.3, -0.25) is 10.1 Å². The first-order valence-electron chi connectivity index (χ1n) is 6.90. The first-order chi connectivity index (χ1) is 10.9. The predicted molar refractivity (Wildman–Crippen MR) is 89.4 cm³/mol. The Hall–Kier alpha value is -2.29. The second kappa shape index (κ2) is 7.32. The molecule has 2 rings (SSSR count). The summed E-state index contributed by atoms with van der Waals surface area (Å²) in [6.07, 6.45) is 1.96. The van der Waals surface area contributed by atoms with Crippen LogP contribution < -0.4 is 10.6 Å². The largest absolute Gasteiger partial charge is 0.362 e. The van der Waals surface area contributed by atoms with Crippen LogP contribution >= 0.6 is 15.9 Å². The van der Waals surface area contributed by atoms with Crippen molar-refractivity contribution in [2.24, 2.45) is 0 Å². The quantitative estimate of drug-likeness (QED) is 0.572. The summed E-state index contributed by atoms with van der Waals surface area (Å²) < 4.78 is 14.5. The topological polar surface area (TPSA) is 93.0 Å². The molecule has 0 saturated carbocycles. The number of hydrogen-bond acceptors (Lipinski definition) is 6. The van der Waals surface area contributed by atoms with E-state index >= 15 is 0 Å². The normalized spacial score (nSPS) is 11.8. The zero-order chi connectivity index (χ0) is 17.0. The minimum Gasteiger partial charge on any atom is -0.362 e. The minimum atomic E-state index is -0.593. The standard InChI is InChI=1S/C14H15BrFN5O2/c1-3-8(2)19-13-12(21(22)23)14(18-7-17-13)20-11-5-4-9(15)6-10(11)16/h4-8H,3H2,1-2H3,(H2,17,18,19,20). The summed E-state index contributed by atoms with van der Waals surface area (Å²) in [5.41, 5.74) is -0.236. The van der Waals surface area contributed by atoms with E-state index in [1.807, 2.05) is 13.8 Å². The molecule has 0 spiro atoms. The Labute approximate surface area is 140 Å². The predicted octanol–water partition coefficient (Wildman–Crippen LogP) is 4.24. The Morgan fingerprint density at radius 1 is 1.39 bits per heavy atom. The SMILES string of the molecule is CCC(C)Nc1ncnc(Nc2ccc(Br)cc2F)c1[N+](=O)[O-]. The molecule has 7 nitrogen and oxygen atoms in total. The lowest BCUT2D eigenvalue weighted by Crippen LogP contribution is -2.16. The van der Waals surface area contributed by atoms with Gasteiger partial charge in [0.1, 0.15) is 12.1 Å². The molecular formula is C14H15BrFN5O2. The van der Waals surface area contributed by atoms with E-state index in [1.54, 1.807) is 6.07 Å². The van der Waals surface area contributed by atoms with Gasteiger partial charge in [-0.2, -0.15) is 0 Å². The molecule has 0 aliphatic heterocycles. The van der Waals surface area contributed by atoms with Crippen molar-refractivity contribution < 1.29 is 9.31 Å². The lowest BCUT2D eigenvalue weighted by atomic mass is 10.2. The first kappa shape index (κ1) is 17.1. The summed E-state index contributed by atoms with van der Waals surface area (Å²) >= 11 is 3.15. The smallest absolute Gasteiger partial charge is 0.353 e. The van der Waals surface area contributed by atoms with Gasteiger partial charge in [0, 0.05) is 10.5 Å². The van der Waals surface area contributed by atoms with Gasteiger partial charge >= 0.3 is 5.69 Å². The van der Waals surface area contributed by atoms with Crippen LogP contribution in [0.2, 0.25) is 0 Å². The zero-order valence-corrected chi connectivity index (χ0v) is 14.1. The molecule has 2 N–H and O–H groups in total. The maximum Gasteiger partial charge on any atom is 0.353 e. The van der Waals surface area contributed by atoms with Crippen LogP contribution in [0.4, 0.5) is 27.4 Å². The lowest BCUT2D eigenvalue weighted by Gasteiger charge is -2.14. The third kappa shape index (κ3) is 4.13. The summed E-state index contributed by atoms with van der Waals surface area (Å²) in [4.78, 5) is 18.6. The van der Waals surface area contributed by atoms with Crippen LogP contribution in [0.25, 0.3) is 0 Å². The number of nitrogens with one attached hydrogen (secondary N) is 2. The van der Waals surface area contributed by atoms with Crippen molar-refractivity contribution in [2.45, 2.75) is 26.3 Å². The molecule has 1 aromatic carbocycles. The monoisotopic (exact) mass is 383 g/mol. The van der Waals surface area contributed by atoms with Gasteiger partial charge in [-0.15, -0.1) is 0 Å². The summed E-state index contributed by atoms with van der Waals surface area (Å²) in [5.74, 6) is -0.528. The molecule has 2 aromatic rings. The van der Waals surface area contributed by atoms with E-state index in [4.69, 9.17) is 0 Å². The number of benzene rings is 1. The fourth-order valence-electron chi connectivity index (χ4n) is 1.80. The Kier molecular flexibility index (Phi) is 5.43. The molecule has 0 radical (unpaired) electrons. The highest BCUT2D eigenvalue weighted by molar-refractivity contribution is 9.10. The molecule has 0 saturated heterocycles. The van der Waals surface area contributed by atoms with Gasteiger partial charge in [0.15, 0.2) is 0 Å². The number of aromatic nitrogens is 2. The van der Waals surface area contributed by atoms with Gasteiger partial charge in [0.25, 0.3) is 0 Å². The number of halogens is 2. The molecule has 1 aromatic heterocycles. The Morgan fingerprint density at radius 3 is 2.70 bits per heavy atom. The molecule has 0 bridgehead atoms. The van der Waals surface area contributed by atoms with Crippen molar-refractivity contribution in [3.63, 3.8) is 0 Å². The van der Waals surface area contributed by atoms with E-state index in [0.717, 1.165) is 6.42 Å². The fraction of sp³-hybridized carbons (Fsp3) is 0.286. The Bertz CT molecular complexity index is 728. The van der Waals surface area contributed by atoms with Crippen LogP contribution in [0.3, 0.4) is 0 Å². The third-order valence-corrected chi connectivity index (χ3v) is 3.68. The Morgan fingerprint density at radius 2 is 2.09 bits per heavy atom. The van der Waals surface area contributed by atoms with E-state index in [1.165, 1.54) is 18.5 Å². The van der Waals surface area contributed by atoms with E-state index in [9.17, 15) is 14.5 Å². The number of hydrogen-bond donors (Lipinski definition) is 2. The maximum absolute atomic E-state index is 13.9. The van der Waals surface area contributed by atoms with Crippen LogP contribution in [0.5, 0.6) is 0 Å². The van der Waals surface area contributed by atoms with Crippen LogP contribution in [-0.2, 0) is 0 Å². The molecular weight excluding hydrogens is 369 g/mol. The van der Waals surface area contributed by atoms with Gasteiger partial charge in [0.2, 0.25) is 11.6 Å². The van der Waals surface area contributed by atoms with Gasteiger partial charge < -0.3 is 10.6 Å². The second-order valence-corrected chi connectivity index (χ2v) is 5.80. The van der Waals surface area contributed by atoms with Crippen molar-refractivity contribution in [3.05, 3.63) is 44.9 Å². The van der Waals surface area contributed by atoms with E-state index in [-0.39, 0.29) is 29.1 Å². The van der Waals surface area contributed by atoms with Crippen molar-refractivity contribution >= 4 is 38.9 Å².